The number of likely N-dealkylation sites (tertiary alicyclic amines) is 1. The van der Waals surface area contributed by atoms with Gasteiger partial charge < -0.3 is 10.5 Å². The van der Waals surface area contributed by atoms with Gasteiger partial charge in [-0.1, -0.05) is 15.9 Å². The smallest absolute Gasteiger partial charge is 0.119 e. The summed E-state index contributed by atoms with van der Waals surface area (Å²) in [6, 6.07) is 6.14. The summed E-state index contributed by atoms with van der Waals surface area (Å²) in [6.07, 6.45) is 2.52. The molecule has 0 aromatic heterocycles. The van der Waals surface area contributed by atoms with Crippen LogP contribution in [0, 0.1) is 5.92 Å². The van der Waals surface area contributed by atoms with Crippen LogP contribution in [0.1, 0.15) is 18.4 Å². The highest BCUT2D eigenvalue weighted by molar-refractivity contribution is 9.10. The first kappa shape index (κ1) is 13.8. The second-order valence-electron chi connectivity index (χ2n) is 4.94. The third-order valence-corrected chi connectivity index (χ3v) is 4.36. The average Bonchev–Trinajstić information content (AvgIpc) is 2.41. The van der Waals surface area contributed by atoms with E-state index in [1.807, 2.05) is 6.07 Å². The minimum Gasteiger partial charge on any atom is -0.497 e. The molecule has 4 heteroatoms. The standard InChI is InChI=1S/C14H21BrN2O/c1-18-13-4-5-14(15)12(7-13)10-17-6-2-3-11(8-16)9-17/h4-5,7,11H,2-3,6,8-10,16H2,1H3. The number of nitrogens with two attached hydrogens (primary N) is 1. The summed E-state index contributed by atoms with van der Waals surface area (Å²) >= 11 is 3.61. The lowest BCUT2D eigenvalue weighted by molar-refractivity contribution is 0.170. The molecule has 1 unspecified atom stereocenters. The van der Waals surface area contributed by atoms with E-state index in [-0.39, 0.29) is 0 Å². The Kier molecular flexibility index (Phi) is 5.03. The van der Waals surface area contributed by atoms with E-state index in [4.69, 9.17) is 10.5 Å². The first-order valence-electron chi connectivity index (χ1n) is 6.47. The van der Waals surface area contributed by atoms with E-state index in [1.165, 1.54) is 24.9 Å². The molecular weight excluding hydrogens is 292 g/mol. The van der Waals surface area contributed by atoms with E-state index in [1.54, 1.807) is 7.11 Å². The van der Waals surface area contributed by atoms with Gasteiger partial charge in [-0.2, -0.15) is 0 Å². The summed E-state index contributed by atoms with van der Waals surface area (Å²) in [5.41, 5.74) is 7.06. The van der Waals surface area contributed by atoms with Crippen LogP contribution in [0.3, 0.4) is 0 Å². The van der Waals surface area contributed by atoms with Gasteiger partial charge in [0, 0.05) is 17.6 Å². The topological polar surface area (TPSA) is 38.5 Å². The maximum Gasteiger partial charge on any atom is 0.119 e. The molecule has 1 aromatic carbocycles. The molecular formula is C14H21BrN2O. The second-order valence-corrected chi connectivity index (χ2v) is 5.79. The molecule has 100 valence electrons. The van der Waals surface area contributed by atoms with Crippen molar-refractivity contribution in [2.75, 3.05) is 26.7 Å². The summed E-state index contributed by atoms with van der Waals surface area (Å²) in [4.78, 5) is 2.49. The first-order chi connectivity index (χ1) is 8.72. The Labute approximate surface area is 117 Å². The van der Waals surface area contributed by atoms with Crippen LogP contribution in [0.5, 0.6) is 5.75 Å². The number of benzene rings is 1. The Balaban J connectivity index is 2.04. The zero-order valence-corrected chi connectivity index (χ0v) is 12.4. The molecule has 0 radical (unpaired) electrons. The molecule has 2 rings (SSSR count). The lowest BCUT2D eigenvalue weighted by atomic mass is 9.98. The molecule has 1 heterocycles. The number of nitrogens with zero attached hydrogens (tertiary/aromatic N) is 1. The van der Waals surface area contributed by atoms with Crippen LogP contribution in [0.2, 0.25) is 0 Å². The number of methoxy groups -OCH3 is 1. The number of ether oxygens (including phenoxy) is 1. The van der Waals surface area contributed by atoms with E-state index in [0.717, 1.165) is 29.9 Å². The van der Waals surface area contributed by atoms with Gasteiger partial charge in [0.15, 0.2) is 0 Å². The minimum atomic E-state index is 0.656. The largest absolute Gasteiger partial charge is 0.497 e. The van der Waals surface area contributed by atoms with Crippen molar-refractivity contribution < 1.29 is 4.74 Å². The van der Waals surface area contributed by atoms with E-state index in [2.05, 4.69) is 33.0 Å². The lowest BCUT2D eigenvalue weighted by Gasteiger charge is -2.32. The highest BCUT2D eigenvalue weighted by Gasteiger charge is 2.19. The summed E-state index contributed by atoms with van der Waals surface area (Å²) in [5.74, 6) is 1.57. The van der Waals surface area contributed by atoms with Gasteiger partial charge in [-0.25, -0.2) is 0 Å². The Morgan fingerprint density at radius 1 is 1.50 bits per heavy atom. The van der Waals surface area contributed by atoms with Crippen molar-refractivity contribution in [3.63, 3.8) is 0 Å². The van der Waals surface area contributed by atoms with Crippen molar-refractivity contribution in [2.24, 2.45) is 11.7 Å². The SMILES string of the molecule is COc1ccc(Br)c(CN2CCCC(CN)C2)c1. The van der Waals surface area contributed by atoms with Gasteiger partial charge >= 0.3 is 0 Å². The van der Waals surface area contributed by atoms with Gasteiger partial charge in [0.2, 0.25) is 0 Å². The molecule has 1 aliphatic heterocycles. The molecule has 0 aliphatic carbocycles. The van der Waals surface area contributed by atoms with Crippen molar-refractivity contribution in [3.8, 4) is 5.75 Å². The van der Waals surface area contributed by atoms with Gasteiger partial charge in [-0.3, -0.25) is 4.90 Å². The Morgan fingerprint density at radius 2 is 2.33 bits per heavy atom. The number of rotatable bonds is 4. The highest BCUT2D eigenvalue weighted by atomic mass is 79.9. The summed E-state index contributed by atoms with van der Waals surface area (Å²) < 4.78 is 6.43. The molecule has 3 nitrogen and oxygen atoms in total. The summed E-state index contributed by atoms with van der Waals surface area (Å²) in [5, 5.41) is 0. The quantitative estimate of drug-likeness (QED) is 0.929. The molecule has 1 aliphatic rings. The molecule has 0 bridgehead atoms. The minimum absolute atomic E-state index is 0.656. The Hall–Kier alpha value is -0.580. The van der Waals surface area contributed by atoms with Gasteiger partial charge in [-0.05, 0) is 55.6 Å². The van der Waals surface area contributed by atoms with Crippen molar-refractivity contribution in [2.45, 2.75) is 19.4 Å². The zero-order chi connectivity index (χ0) is 13.0. The van der Waals surface area contributed by atoms with E-state index in [0.29, 0.717) is 5.92 Å². The molecule has 1 atom stereocenters. The molecule has 1 aromatic rings. The molecule has 1 saturated heterocycles. The van der Waals surface area contributed by atoms with Crippen LogP contribution >= 0.6 is 15.9 Å². The van der Waals surface area contributed by atoms with Gasteiger partial charge in [0.25, 0.3) is 0 Å². The number of piperidine rings is 1. The van der Waals surface area contributed by atoms with Crippen LogP contribution in [-0.2, 0) is 6.54 Å². The van der Waals surface area contributed by atoms with Crippen LogP contribution in [-0.4, -0.2) is 31.6 Å². The number of halogens is 1. The van der Waals surface area contributed by atoms with E-state index < -0.39 is 0 Å². The third-order valence-electron chi connectivity index (χ3n) is 3.58. The normalized spacial score (nSPS) is 20.9. The first-order valence-corrected chi connectivity index (χ1v) is 7.27. The Bertz CT molecular complexity index is 397. The highest BCUT2D eigenvalue weighted by Crippen LogP contribution is 2.25. The van der Waals surface area contributed by atoms with E-state index in [9.17, 15) is 0 Å². The fourth-order valence-corrected chi connectivity index (χ4v) is 2.90. The van der Waals surface area contributed by atoms with Crippen molar-refractivity contribution in [1.29, 1.82) is 0 Å². The lowest BCUT2D eigenvalue weighted by Crippen LogP contribution is -2.37. The fourth-order valence-electron chi connectivity index (χ4n) is 2.53. The zero-order valence-electron chi connectivity index (χ0n) is 10.9. The van der Waals surface area contributed by atoms with Crippen LogP contribution in [0.4, 0.5) is 0 Å². The maximum absolute atomic E-state index is 5.78. The van der Waals surface area contributed by atoms with Gasteiger partial charge in [0.05, 0.1) is 7.11 Å². The van der Waals surface area contributed by atoms with Crippen LogP contribution in [0.25, 0.3) is 0 Å². The second kappa shape index (κ2) is 6.55. The predicted molar refractivity (Wildman–Crippen MR) is 77.7 cm³/mol. The molecule has 2 N–H and O–H groups in total. The monoisotopic (exact) mass is 312 g/mol. The fraction of sp³-hybridized carbons (Fsp3) is 0.571. The van der Waals surface area contributed by atoms with E-state index >= 15 is 0 Å². The third kappa shape index (κ3) is 3.46. The maximum atomic E-state index is 5.78. The molecule has 0 amide bonds. The molecule has 0 spiro atoms. The van der Waals surface area contributed by atoms with Crippen molar-refractivity contribution >= 4 is 15.9 Å². The van der Waals surface area contributed by atoms with Gasteiger partial charge in [-0.15, -0.1) is 0 Å². The molecule has 1 fully saturated rings. The van der Waals surface area contributed by atoms with Crippen molar-refractivity contribution in [1.82, 2.24) is 4.90 Å². The number of hydrogen-bond acceptors (Lipinski definition) is 3. The number of hydrogen-bond donors (Lipinski definition) is 1. The predicted octanol–water partition coefficient (Wildman–Crippen LogP) is 2.63. The summed E-state index contributed by atoms with van der Waals surface area (Å²) in [6.45, 7) is 4.05. The van der Waals surface area contributed by atoms with Crippen LogP contribution < -0.4 is 10.5 Å². The van der Waals surface area contributed by atoms with Crippen LogP contribution in [0.15, 0.2) is 22.7 Å². The molecule has 0 saturated carbocycles. The summed E-state index contributed by atoms with van der Waals surface area (Å²) in [7, 11) is 1.71. The van der Waals surface area contributed by atoms with Crippen molar-refractivity contribution in [3.05, 3.63) is 28.2 Å². The van der Waals surface area contributed by atoms with Gasteiger partial charge in [0.1, 0.15) is 5.75 Å². The average molecular weight is 313 g/mol. The Morgan fingerprint density at radius 3 is 3.06 bits per heavy atom. The molecule has 18 heavy (non-hydrogen) atoms.